The second kappa shape index (κ2) is 8.27. The van der Waals surface area contributed by atoms with Crippen molar-refractivity contribution >= 4 is 0 Å². The highest BCUT2D eigenvalue weighted by Gasteiger charge is 2.05. The van der Waals surface area contributed by atoms with Crippen LogP contribution < -0.4 is 14.8 Å². The summed E-state index contributed by atoms with van der Waals surface area (Å²) in [6.07, 6.45) is 2.79. The maximum atomic E-state index is 5.65. The van der Waals surface area contributed by atoms with E-state index < -0.39 is 0 Å². The van der Waals surface area contributed by atoms with E-state index in [2.05, 4.69) is 23.3 Å². The minimum Gasteiger partial charge on any atom is -0.493 e. The van der Waals surface area contributed by atoms with Gasteiger partial charge in [0, 0.05) is 19.3 Å². The molecule has 112 valence electrons. The molecule has 0 aliphatic rings. The lowest BCUT2D eigenvalue weighted by atomic mass is 10.2. The summed E-state index contributed by atoms with van der Waals surface area (Å²) in [7, 11) is 1.67. The minimum absolute atomic E-state index is 0.702. The van der Waals surface area contributed by atoms with Crippen LogP contribution in [-0.4, -0.2) is 18.7 Å². The van der Waals surface area contributed by atoms with E-state index in [-0.39, 0.29) is 0 Å². The van der Waals surface area contributed by atoms with Gasteiger partial charge < -0.3 is 14.8 Å². The SMILES string of the molecule is CCCOc1ccc(CNCc2ccccn2)cc1OC. The summed E-state index contributed by atoms with van der Waals surface area (Å²) in [5.41, 5.74) is 2.19. The molecule has 2 rings (SSSR count). The van der Waals surface area contributed by atoms with E-state index in [1.165, 1.54) is 0 Å². The first-order chi connectivity index (χ1) is 10.3. The molecule has 4 heteroatoms. The third-order valence-corrected chi connectivity index (χ3v) is 3.05. The molecule has 0 unspecified atom stereocenters. The molecule has 0 aliphatic carbocycles. The molecule has 0 saturated carbocycles. The van der Waals surface area contributed by atoms with Gasteiger partial charge in [0.25, 0.3) is 0 Å². The van der Waals surface area contributed by atoms with Crippen LogP contribution in [0.4, 0.5) is 0 Å². The van der Waals surface area contributed by atoms with Crippen molar-refractivity contribution in [2.24, 2.45) is 0 Å². The lowest BCUT2D eigenvalue weighted by molar-refractivity contribution is 0.294. The molecule has 0 aliphatic heterocycles. The lowest BCUT2D eigenvalue weighted by Gasteiger charge is -2.12. The van der Waals surface area contributed by atoms with Crippen molar-refractivity contribution in [2.45, 2.75) is 26.4 Å². The molecule has 1 heterocycles. The largest absolute Gasteiger partial charge is 0.493 e. The standard InChI is InChI=1S/C17H22N2O2/c1-3-10-21-16-8-7-14(11-17(16)20-2)12-18-13-15-6-4-5-9-19-15/h4-9,11,18H,3,10,12-13H2,1-2H3. The van der Waals surface area contributed by atoms with Crippen molar-refractivity contribution in [2.75, 3.05) is 13.7 Å². The second-order valence-corrected chi connectivity index (χ2v) is 4.76. The fourth-order valence-corrected chi connectivity index (χ4v) is 1.99. The Morgan fingerprint density at radius 1 is 1.10 bits per heavy atom. The van der Waals surface area contributed by atoms with Crippen molar-refractivity contribution in [1.82, 2.24) is 10.3 Å². The number of hydrogen-bond donors (Lipinski definition) is 1. The number of rotatable bonds is 8. The first kappa shape index (κ1) is 15.3. The molecule has 0 amide bonds. The first-order valence-corrected chi connectivity index (χ1v) is 7.24. The molecule has 1 aromatic carbocycles. The van der Waals surface area contributed by atoms with E-state index >= 15 is 0 Å². The number of methoxy groups -OCH3 is 1. The summed E-state index contributed by atoms with van der Waals surface area (Å²) in [5.74, 6) is 1.58. The molecule has 2 aromatic rings. The van der Waals surface area contributed by atoms with Crippen LogP contribution in [0.15, 0.2) is 42.6 Å². The number of nitrogens with one attached hydrogen (secondary N) is 1. The smallest absolute Gasteiger partial charge is 0.161 e. The molecule has 0 saturated heterocycles. The topological polar surface area (TPSA) is 43.4 Å². The van der Waals surface area contributed by atoms with E-state index in [1.54, 1.807) is 13.3 Å². The Bertz CT molecular complexity index is 544. The molecule has 0 spiro atoms. The number of hydrogen-bond acceptors (Lipinski definition) is 4. The summed E-state index contributed by atoms with van der Waals surface area (Å²) >= 11 is 0. The molecule has 0 radical (unpaired) electrons. The summed E-state index contributed by atoms with van der Waals surface area (Å²) in [4.78, 5) is 4.28. The molecular weight excluding hydrogens is 264 g/mol. The van der Waals surface area contributed by atoms with Crippen LogP contribution in [-0.2, 0) is 13.1 Å². The molecular formula is C17H22N2O2. The van der Waals surface area contributed by atoms with E-state index in [0.717, 1.165) is 42.3 Å². The summed E-state index contributed by atoms with van der Waals surface area (Å²) < 4.78 is 11.0. The average molecular weight is 286 g/mol. The average Bonchev–Trinajstić information content (AvgIpc) is 2.54. The molecule has 0 atom stereocenters. The normalized spacial score (nSPS) is 10.4. The highest BCUT2D eigenvalue weighted by molar-refractivity contribution is 5.42. The van der Waals surface area contributed by atoms with Crippen LogP contribution in [0.1, 0.15) is 24.6 Å². The highest BCUT2D eigenvalue weighted by atomic mass is 16.5. The van der Waals surface area contributed by atoms with Crippen LogP contribution in [0.2, 0.25) is 0 Å². The zero-order valence-electron chi connectivity index (χ0n) is 12.6. The molecule has 0 bridgehead atoms. The van der Waals surface area contributed by atoms with Gasteiger partial charge in [-0.2, -0.15) is 0 Å². The molecule has 4 nitrogen and oxygen atoms in total. The lowest BCUT2D eigenvalue weighted by Crippen LogP contribution is -2.13. The third kappa shape index (κ3) is 4.76. The highest BCUT2D eigenvalue weighted by Crippen LogP contribution is 2.28. The van der Waals surface area contributed by atoms with Crippen LogP contribution in [0.3, 0.4) is 0 Å². The van der Waals surface area contributed by atoms with Gasteiger partial charge >= 0.3 is 0 Å². The van der Waals surface area contributed by atoms with Crippen molar-refractivity contribution in [1.29, 1.82) is 0 Å². The molecule has 1 N–H and O–H groups in total. The minimum atomic E-state index is 0.702. The van der Waals surface area contributed by atoms with Crippen LogP contribution >= 0.6 is 0 Å². The van der Waals surface area contributed by atoms with Gasteiger partial charge in [0.05, 0.1) is 19.4 Å². The van der Waals surface area contributed by atoms with E-state index in [4.69, 9.17) is 9.47 Å². The van der Waals surface area contributed by atoms with Gasteiger partial charge in [-0.25, -0.2) is 0 Å². The summed E-state index contributed by atoms with van der Waals surface area (Å²) in [5, 5.41) is 3.37. The fraction of sp³-hybridized carbons (Fsp3) is 0.353. The van der Waals surface area contributed by atoms with Crippen molar-refractivity contribution in [3.8, 4) is 11.5 Å². The summed E-state index contributed by atoms with van der Waals surface area (Å²) in [6.45, 7) is 4.30. The summed E-state index contributed by atoms with van der Waals surface area (Å²) in [6, 6.07) is 12.0. The Balaban J connectivity index is 1.91. The number of pyridine rings is 1. The Kier molecular flexibility index (Phi) is 6.03. The number of ether oxygens (including phenoxy) is 2. The maximum Gasteiger partial charge on any atom is 0.161 e. The van der Waals surface area contributed by atoms with Gasteiger partial charge in [-0.3, -0.25) is 4.98 Å². The number of nitrogens with zero attached hydrogens (tertiary/aromatic N) is 1. The molecule has 21 heavy (non-hydrogen) atoms. The number of aromatic nitrogens is 1. The Labute approximate surface area is 126 Å². The Morgan fingerprint density at radius 2 is 2.00 bits per heavy atom. The molecule has 1 aromatic heterocycles. The molecule has 0 fully saturated rings. The Morgan fingerprint density at radius 3 is 2.71 bits per heavy atom. The number of benzene rings is 1. The van der Waals surface area contributed by atoms with Crippen LogP contribution in [0.5, 0.6) is 11.5 Å². The van der Waals surface area contributed by atoms with Gasteiger partial charge in [-0.05, 0) is 36.2 Å². The van der Waals surface area contributed by atoms with Crippen molar-refractivity contribution in [3.63, 3.8) is 0 Å². The van der Waals surface area contributed by atoms with Crippen LogP contribution in [0, 0.1) is 0 Å². The second-order valence-electron chi connectivity index (χ2n) is 4.76. The van der Waals surface area contributed by atoms with Gasteiger partial charge in [0.1, 0.15) is 0 Å². The fourth-order valence-electron chi connectivity index (χ4n) is 1.99. The quantitative estimate of drug-likeness (QED) is 0.809. The van der Waals surface area contributed by atoms with E-state index in [0.29, 0.717) is 6.61 Å². The predicted molar refractivity (Wildman–Crippen MR) is 83.6 cm³/mol. The monoisotopic (exact) mass is 286 g/mol. The van der Waals surface area contributed by atoms with E-state index in [1.807, 2.05) is 30.3 Å². The van der Waals surface area contributed by atoms with Gasteiger partial charge in [-0.15, -0.1) is 0 Å². The van der Waals surface area contributed by atoms with Gasteiger partial charge in [0.15, 0.2) is 11.5 Å². The van der Waals surface area contributed by atoms with Crippen molar-refractivity contribution in [3.05, 3.63) is 53.9 Å². The zero-order chi connectivity index (χ0) is 14.9. The maximum absolute atomic E-state index is 5.65. The van der Waals surface area contributed by atoms with Crippen LogP contribution in [0.25, 0.3) is 0 Å². The van der Waals surface area contributed by atoms with Crippen molar-refractivity contribution < 1.29 is 9.47 Å². The first-order valence-electron chi connectivity index (χ1n) is 7.24. The van der Waals surface area contributed by atoms with E-state index in [9.17, 15) is 0 Å². The third-order valence-electron chi connectivity index (χ3n) is 3.05. The zero-order valence-corrected chi connectivity index (χ0v) is 12.6. The van der Waals surface area contributed by atoms with Gasteiger partial charge in [-0.1, -0.05) is 19.1 Å². The predicted octanol–water partition coefficient (Wildman–Crippen LogP) is 3.17. The van der Waals surface area contributed by atoms with Gasteiger partial charge in [0.2, 0.25) is 0 Å². The Hall–Kier alpha value is -2.07.